The molecule has 294 valence electrons. The van der Waals surface area contributed by atoms with E-state index in [2.05, 4.69) is 0 Å². The minimum atomic E-state index is -0.836. The fourth-order valence-corrected chi connectivity index (χ4v) is 9.30. The van der Waals surface area contributed by atoms with Crippen molar-refractivity contribution in [1.29, 1.82) is 0 Å². The van der Waals surface area contributed by atoms with Gasteiger partial charge in [-0.3, -0.25) is 0 Å². The fourth-order valence-electron chi connectivity index (χ4n) is 8.16. The van der Waals surface area contributed by atoms with Crippen molar-refractivity contribution < 1.29 is 38.4 Å². The van der Waals surface area contributed by atoms with Gasteiger partial charge in [0.1, 0.15) is 0 Å². The van der Waals surface area contributed by atoms with Crippen molar-refractivity contribution >= 4 is 75.1 Å². The average Bonchev–Trinajstić information content (AvgIpc) is 1.56. The van der Waals surface area contributed by atoms with Gasteiger partial charge in [0.25, 0.3) is 0 Å². The van der Waals surface area contributed by atoms with Gasteiger partial charge in [-0.05, 0) is 93.4 Å². The van der Waals surface area contributed by atoms with E-state index in [0.29, 0.717) is 5.69 Å². The number of hydrogen-bond acceptors (Lipinski definition) is 1. The predicted molar refractivity (Wildman–Crippen MR) is 270 cm³/mol. The van der Waals surface area contributed by atoms with E-state index in [-0.39, 0.29) is 97.3 Å². The average molecular weight is 847 g/mol. The number of rotatable bonds is 6. The van der Waals surface area contributed by atoms with Crippen LogP contribution >= 0.6 is 11.3 Å². The molecule has 2 nitrogen and oxygen atoms in total. The van der Waals surface area contributed by atoms with Gasteiger partial charge < -0.3 is 9.13 Å². The molecule has 0 aliphatic heterocycles. The maximum Gasteiger partial charge on any atom is 0.0645 e. The molecule has 0 bridgehead atoms. The third kappa shape index (κ3) is 5.64. The van der Waals surface area contributed by atoms with Crippen molar-refractivity contribution in [3.8, 4) is 55.9 Å². The highest BCUT2D eigenvalue weighted by Crippen LogP contribution is 2.46. The molecule has 63 heavy (non-hydrogen) atoms. The quantitative estimate of drug-likeness (QED) is 0.158. The second-order valence-corrected chi connectivity index (χ2v) is 15.3. The number of para-hydroxylation sites is 4. The van der Waals surface area contributed by atoms with Crippen molar-refractivity contribution in [2.75, 3.05) is 0 Å². The van der Waals surface area contributed by atoms with Gasteiger partial charge in [-0.15, -0.1) is 11.3 Å². The second-order valence-electron chi connectivity index (χ2n) is 14.3. The summed E-state index contributed by atoms with van der Waals surface area (Å²) in [6, 6.07) is -4.43. The fraction of sp³-hybridized carbons (Fsp3) is 0. The highest BCUT2D eigenvalue weighted by Gasteiger charge is 2.21. The lowest BCUT2D eigenvalue weighted by Crippen LogP contribution is -1.95. The summed E-state index contributed by atoms with van der Waals surface area (Å²) < 4.78 is 257. The third-order valence-electron chi connectivity index (χ3n) is 10.9. The van der Waals surface area contributed by atoms with Gasteiger partial charge in [0.2, 0.25) is 0 Å². The highest BCUT2D eigenvalue weighted by molar-refractivity contribution is 7.26. The molecule has 0 unspecified atom stereocenters. The Labute approximate surface area is 408 Å². The number of hydrogen-bond donors (Lipinski definition) is 0. The molecule has 0 amide bonds. The number of nitrogens with zero attached hydrogens (tertiary/aromatic N) is 2. The molecular weight excluding hydrogens is 781 g/mol. The molecule has 0 radical (unpaired) electrons. The van der Waals surface area contributed by atoms with E-state index >= 15 is 0 Å². The molecule has 0 saturated heterocycles. The van der Waals surface area contributed by atoms with E-state index < -0.39 is 186 Å². The van der Waals surface area contributed by atoms with Crippen molar-refractivity contribution in [3.63, 3.8) is 0 Å². The molecule has 3 heterocycles. The Morgan fingerprint density at radius 1 is 0.365 bits per heavy atom. The first-order chi connectivity index (χ1) is 42.9. The standard InChI is InChI=1S/C60H38N2S/c1-3-15-39(16-4-1)42-17-11-18-43(37-42)40-31-33-41(34-32-40)46-23-14-30-57-58(46)51-26-13-29-56(60(51)63-57)62-54-28-10-8-22-49(54)52-38-44(35-36-55(52)62)47-24-12-25-50-48-21-7-9-27-53(48)61(59(47)50)45-19-5-2-6-20-45/h1-38H/i1D,3D,4D,7D,8D,9D,10D,11D,12D,13D,14D,15D,16D,17D,18D,21D,22D,23D,24D,25D,26D,27D,28D,29D,31D,33D,37D,38D. The summed E-state index contributed by atoms with van der Waals surface area (Å²) in [4.78, 5) is 0. The number of thiophene rings is 1. The molecule has 3 aromatic heterocycles. The van der Waals surface area contributed by atoms with Crippen LogP contribution in [0.2, 0.25) is 0 Å². The molecule has 3 heteroatoms. The van der Waals surface area contributed by atoms with Crippen LogP contribution < -0.4 is 0 Å². The van der Waals surface area contributed by atoms with Crippen LogP contribution in [-0.2, 0) is 0 Å². The lowest BCUT2D eigenvalue weighted by atomic mass is 9.95. The van der Waals surface area contributed by atoms with Crippen LogP contribution in [0.1, 0.15) is 38.4 Å². The van der Waals surface area contributed by atoms with E-state index in [1.165, 1.54) is 39.5 Å². The Kier molecular flexibility index (Phi) is 4.04. The minimum absolute atomic E-state index is 0.0213. The normalized spacial score (nSPS) is 18.0. The van der Waals surface area contributed by atoms with E-state index in [1.54, 1.807) is 30.3 Å². The van der Waals surface area contributed by atoms with Gasteiger partial charge in [-0.1, -0.05) is 175 Å². The Morgan fingerprint density at radius 2 is 1.00 bits per heavy atom. The molecule has 0 aliphatic carbocycles. The Bertz CT molecular complexity index is 5550. The predicted octanol–water partition coefficient (Wildman–Crippen LogP) is 16.9. The van der Waals surface area contributed by atoms with Crippen molar-refractivity contribution in [1.82, 2.24) is 9.13 Å². The maximum atomic E-state index is 10.2. The molecule has 13 rings (SSSR count). The first-order valence-electron chi connectivity index (χ1n) is 33.3. The number of aromatic nitrogens is 2. The van der Waals surface area contributed by atoms with Crippen LogP contribution in [0, 0.1) is 0 Å². The Morgan fingerprint density at radius 3 is 1.86 bits per heavy atom. The van der Waals surface area contributed by atoms with E-state index in [1.807, 2.05) is 0 Å². The molecule has 0 saturated carbocycles. The van der Waals surface area contributed by atoms with Crippen LogP contribution in [0.4, 0.5) is 0 Å². The van der Waals surface area contributed by atoms with Crippen LogP contribution in [0.15, 0.2) is 230 Å². The van der Waals surface area contributed by atoms with Gasteiger partial charge in [-0.25, -0.2) is 0 Å². The van der Waals surface area contributed by atoms with E-state index in [4.69, 9.17) is 20.6 Å². The van der Waals surface area contributed by atoms with Crippen molar-refractivity contribution in [2.45, 2.75) is 0 Å². The van der Waals surface area contributed by atoms with Crippen LogP contribution in [0.3, 0.4) is 0 Å². The summed E-state index contributed by atoms with van der Waals surface area (Å²) in [5, 5.41) is -0.967. The summed E-state index contributed by atoms with van der Waals surface area (Å²) in [6.45, 7) is 0. The van der Waals surface area contributed by atoms with E-state index in [0.717, 1.165) is 11.3 Å². The summed E-state index contributed by atoms with van der Waals surface area (Å²) >= 11 is 0.852. The van der Waals surface area contributed by atoms with Gasteiger partial charge in [-0.2, -0.15) is 0 Å². The monoisotopic (exact) mass is 846 g/mol. The molecule has 13 aromatic rings. The lowest BCUT2D eigenvalue weighted by molar-refractivity contribution is 1.18. The Hall–Kier alpha value is -7.98. The SMILES string of the molecule is [2H]c1cc2sc3c(-n4c5ccc(-c6c([2H])c([2H])c([2H])c7c8c([2H])c([2H])c([2H])c([2H])c8n(-c8ccccc8)c67)c([2H])c5c5c([2H])c([2H])c([2H])c([2H])c54)c([2H])c([2H])c([2H])c3c2c(-c2ccc(-c3c([2H])c([2H])c([2H])c(-c4c([2H])c([2H])c([2H])c([2H])c4[2H])c3[2H])c([2H])c2[2H])c1[2H]. The van der Waals surface area contributed by atoms with Gasteiger partial charge >= 0.3 is 0 Å². The highest BCUT2D eigenvalue weighted by atomic mass is 32.1. The van der Waals surface area contributed by atoms with Crippen LogP contribution in [0.5, 0.6) is 0 Å². The first-order valence-corrected chi connectivity index (χ1v) is 20.1. The second kappa shape index (κ2) is 14.3. The first kappa shape index (κ1) is 17.8. The number of fused-ring (bicyclic) bond motifs is 9. The largest absolute Gasteiger partial charge is 0.309 e. The molecular formula is C60H38N2S. The van der Waals surface area contributed by atoms with Gasteiger partial charge in [0, 0.05) is 48.3 Å². The zero-order chi connectivity index (χ0) is 65.8. The van der Waals surface area contributed by atoms with Gasteiger partial charge in [0.05, 0.1) is 70.8 Å². The zero-order valence-electron chi connectivity index (χ0n) is 60.1. The third-order valence-corrected chi connectivity index (χ3v) is 12.0. The topological polar surface area (TPSA) is 9.86 Å². The summed E-state index contributed by atoms with van der Waals surface area (Å²) in [6.07, 6.45) is 0. The summed E-state index contributed by atoms with van der Waals surface area (Å²) in [5.74, 6) is 0. The molecule has 10 aromatic carbocycles. The van der Waals surface area contributed by atoms with Crippen molar-refractivity contribution in [3.05, 3.63) is 230 Å². The zero-order valence-corrected chi connectivity index (χ0v) is 32.9. The maximum absolute atomic E-state index is 10.2. The Balaban J connectivity index is 1.11. The lowest BCUT2D eigenvalue weighted by Gasteiger charge is -2.12. The molecule has 0 N–H and O–H groups in total. The molecule has 0 spiro atoms. The van der Waals surface area contributed by atoms with Crippen LogP contribution in [-0.4, -0.2) is 9.13 Å². The molecule has 0 aliphatic rings. The van der Waals surface area contributed by atoms with E-state index in [9.17, 15) is 17.8 Å². The number of benzene rings is 10. The minimum Gasteiger partial charge on any atom is -0.309 e. The molecule has 0 fully saturated rings. The van der Waals surface area contributed by atoms with Crippen molar-refractivity contribution in [2.24, 2.45) is 0 Å². The van der Waals surface area contributed by atoms with Crippen LogP contribution in [0.25, 0.3) is 120 Å². The molecule has 0 atom stereocenters. The van der Waals surface area contributed by atoms with Gasteiger partial charge in [0.15, 0.2) is 0 Å². The summed E-state index contributed by atoms with van der Waals surface area (Å²) in [5.41, 5.74) is -3.42. The summed E-state index contributed by atoms with van der Waals surface area (Å²) in [7, 11) is 0. The smallest absolute Gasteiger partial charge is 0.0645 e.